The Kier molecular flexibility index (Phi) is 2.71. The maximum atomic E-state index is 5.40. The summed E-state index contributed by atoms with van der Waals surface area (Å²) in [6, 6.07) is 7.27. The van der Waals surface area contributed by atoms with Gasteiger partial charge >= 0.3 is 0 Å². The van der Waals surface area contributed by atoms with Crippen molar-refractivity contribution in [1.29, 1.82) is 0 Å². The van der Waals surface area contributed by atoms with Crippen molar-refractivity contribution in [2.45, 2.75) is 38.8 Å². The molecule has 0 aromatic heterocycles. The van der Waals surface area contributed by atoms with Gasteiger partial charge in [-0.2, -0.15) is 0 Å². The van der Waals surface area contributed by atoms with E-state index in [1.54, 1.807) is 0 Å². The van der Waals surface area contributed by atoms with Crippen LogP contribution < -0.4 is 14.8 Å². The first-order valence-electron chi connectivity index (χ1n) is 6.38. The van der Waals surface area contributed by atoms with E-state index in [2.05, 4.69) is 31.3 Å². The Hall–Kier alpha value is -1.22. The third-order valence-corrected chi connectivity index (χ3v) is 3.76. The number of rotatable bonds is 3. The highest BCUT2D eigenvalue weighted by atomic mass is 16.7. The molecule has 92 valence electrons. The third kappa shape index (κ3) is 2.12. The molecule has 1 aromatic carbocycles. The number of fused-ring (bicyclic) bond motifs is 1. The summed E-state index contributed by atoms with van der Waals surface area (Å²) in [5.74, 6) is 2.62. The number of hydrogen-bond donors (Lipinski definition) is 1. The predicted molar refractivity (Wildman–Crippen MR) is 66.3 cm³/mol. The van der Waals surface area contributed by atoms with Crippen LogP contribution in [0, 0.1) is 5.92 Å². The van der Waals surface area contributed by atoms with Gasteiger partial charge < -0.3 is 14.8 Å². The van der Waals surface area contributed by atoms with Gasteiger partial charge in [0.25, 0.3) is 0 Å². The zero-order valence-corrected chi connectivity index (χ0v) is 10.4. The normalized spacial score (nSPS) is 27.6. The minimum atomic E-state index is 0.348. The third-order valence-electron chi connectivity index (χ3n) is 3.76. The summed E-state index contributed by atoms with van der Waals surface area (Å²) in [5, 5.41) is 3.66. The minimum absolute atomic E-state index is 0.348. The number of benzene rings is 1. The fourth-order valence-electron chi connectivity index (χ4n) is 2.67. The van der Waals surface area contributed by atoms with Gasteiger partial charge in [0, 0.05) is 12.1 Å². The Morgan fingerprint density at radius 2 is 2.00 bits per heavy atom. The van der Waals surface area contributed by atoms with Crippen molar-refractivity contribution < 1.29 is 9.47 Å². The fourth-order valence-corrected chi connectivity index (χ4v) is 2.67. The van der Waals surface area contributed by atoms with E-state index in [0.29, 0.717) is 18.9 Å². The minimum Gasteiger partial charge on any atom is -0.454 e. The summed E-state index contributed by atoms with van der Waals surface area (Å²) >= 11 is 0. The summed E-state index contributed by atoms with van der Waals surface area (Å²) in [4.78, 5) is 0. The number of hydrogen-bond acceptors (Lipinski definition) is 3. The van der Waals surface area contributed by atoms with Crippen LogP contribution in [0.3, 0.4) is 0 Å². The van der Waals surface area contributed by atoms with Crippen LogP contribution in [0.25, 0.3) is 0 Å². The highest BCUT2D eigenvalue weighted by Gasteiger charge is 2.26. The average Bonchev–Trinajstić information content (AvgIpc) is 2.73. The molecular weight excluding hydrogens is 214 g/mol. The Labute approximate surface area is 102 Å². The van der Waals surface area contributed by atoms with Gasteiger partial charge in [-0.05, 0) is 43.4 Å². The second-order valence-electron chi connectivity index (χ2n) is 5.27. The second kappa shape index (κ2) is 4.22. The molecule has 1 N–H and O–H groups in total. The van der Waals surface area contributed by atoms with E-state index in [1.807, 2.05) is 6.07 Å². The fraction of sp³-hybridized carbons (Fsp3) is 0.571. The lowest BCUT2D eigenvalue weighted by Crippen LogP contribution is -2.41. The predicted octanol–water partition coefficient (Wildman–Crippen LogP) is 2.86. The highest BCUT2D eigenvalue weighted by molar-refractivity contribution is 5.45. The molecule has 1 atom stereocenters. The van der Waals surface area contributed by atoms with Crippen LogP contribution in [0.15, 0.2) is 18.2 Å². The molecule has 0 radical (unpaired) electrons. The Morgan fingerprint density at radius 3 is 2.76 bits per heavy atom. The van der Waals surface area contributed by atoms with E-state index >= 15 is 0 Å². The van der Waals surface area contributed by atoms with Crippen molar-refractivity contribution in [2.24, 2.45) is 5.92 Å². The van der Waals surface area contributed by atoms with Crippen LogP contribution in [0.1, 0.15) is 38.3 Å². The first kappa shape index (κ1) is 10.9. The van der Waals surface area contributed by atoms with Crippen LogP contribution in [0.2, 0.25) is 0 Å². The summed E-state index contributed by atoms with van der Waals surface area (Å²) in [7, 11) is 0. The number of nitrogens with one attached hydrogen (secondary N) is 1. The topological polar surface area (TPSA) is 30.5 Å². The van der Waals surface area contributed by atoms with Crippen molar-refractivity contribution in [1.82, 2.24) is 5.32 Å². The molecule has 1 unspecified atom stereocenters. The molecule has 1 aliphatic carbocycles. The Morgan fingerprint density at radius 1 is 1.24 bits per heavy atom. The van der Waals surface area contributed by atoms with Crippen LogP contribution in [0.5, 0.6) is 11.5 Å². The van der Waals surface area contributed by atoms with Crippen molar-refractivity contribution in [2.75, 3.05) is 6.79 Å². The molecule has 0 bridgehead atoms. The van der Waals surface area contributed by atoms with Gasteiger partial charge in [0.15, 0.2) is 11.5 Å². The standard InChI is InChI=1S/C14H19NO2/c1-9-5-12(6-9)15-10(2)11-3-4-13-14(7-11)17-8-16-13/h3-4,7,9-10,12,15H,5-6,8H2,1-2H3. The molecule has 1 heterocycles. The van der Waals surface area contributed by atoms with Gasteiger partial charge in [-0.1, -0.05) is 13.0 Å². The van der Waals surface area contributed by atoms with E-state index in [4.69, 9.17) is 9.47 Å². The molecule has 3 rings (SSSR count). The van der Waals surface area contributed by atoms with E-state index in [0.717, 1.165) is 17.4 Å². The second-order valence-corrected chi connectivity index (χ2v) is 5.27. The van der Waals surface area contributed by atoms with Gasteiger partial charge in [-0.15, -0.1) is 0 Å². The van der Waals surface area contributed by atoms with E-state index in [-0.39, 0.29) is 0 Å². The van der Waals surface area contributed by atoms with Gasteiger partial charge in [-0.25, -0.2) is 0 Å². The molecule has 0 spiro atoms. The SMILES string of the molecule is CC1CC(NC(C)c2ccc3c(c2)OCO3)C1. The maximum Gasteiger partial charge on any atom is 0.231 e. The van der Waals surface area contributed by atoms with Crippen molar-refractivity contribution in [3.05, 3.63) is 23.8 Å². The molecule has 0 saturated heterocycles. The Balaban J connectivity index is 1.67. The Bertz CT molecular complexity index is 413. The zero-order valence-electron chi connectivity index (χ0n) is 10.4. The van der Waals surface area contributed by atoms with Crippen LogP contribution in [-0.4, -0.2) is 12.8 Å². The molecular formula is C14H19NO2. The zero-order chi connectivity index (χ0) is 11.8. The van der Waals surface area contributed by atoms with E-state index in [1.165, 1.54) is 18.4 Å². The first-order chi connectivity index (χ1) is 8.22. The lowest BCUT2D eigenvalue weighted by atomic mass is 9.81. The molecule has 1 saturated carbocycles. The molecule has 1 fully saturated rings. The van der Waals surface area contributed by atoms with Crippen molar-refractivity contribution in [3.8, 4) is 11.5 Å². The first-order valence-corrected chi connectivity index (χ1v) is 6.38. The van der Waals surface area contributed by atoms with Crippen molar-refractivity contribution >= 4 is 0 Å². The summed E-state index contributed by atoms with van der Waals surface area (Å²) in [6.45, 7) is 4.87. The van der Waals surface area contributed by atoms with Crippen LogP contribution in [-0.2, 0) is 0 Å². The lowest BCUT2D eigenvalue weighted by Gasteiger charge is -2.35. The summed E-state index contributed by atoms with van der Waals surface area (Å²) in [6.07, 6.45) is 2.60. The van der Waals surface area contributed by atoms with Gasteiger partial charge in [0.05, 0.1) is 0 Å². The van der Waals surface area contributed by atoms with Crippen molar-refractivity contribution in [3.63, 3.8) is 0 Å². The largest absolute Gasteiger partial charge is 0.454 e. The van der Waals surface area contributed by atoms with Crippen LogP contribution >= 0.6 is 0 Å². The molecule has 3 heteroatoms. The molecule has 2 aliphatic rings. The maximum absolute atomic E-state index is 5.40. The average molecular weight is 233 g/mol. The molecule has 3 nitrogen and oxygen atoms in total. The molecule has 1 aliphatic heterocycles. The number of ether oxygens (including phenoxy) is 2. The summed E-state index contributed by atoms with van der Waals surface area (Å²) < 4.78 is 10.7. The van der Waals surface area contributed by atoms with Gasteiger partial charge in [-0.3, -0.25) is 0 Å². The molecule has 1 aromatic rings. The monoisotopic (exact) mass is 233 g/mol. The highest BCUT2D eigenvalue weighted by Crippen LogP contribution is 2.35. The molecule has 0 amide bonds. The molecule has 17 heavy (non-hydrogen) atoms. The van der Waals surface area contributed by atoms with Gasteiger partial charge in [0.1, 0.15) is 0 Å². The lowest BCUT2D eigenvalue weighted by molar-refractivity contribution is 0.174. The smallest absolute Gasteiger partial charge is 0.231 e. The quantitative estimate of drug-likeness (QED) is 0.870. The summed E-state index contributed by atoms with van der Waals surface area (Å²) in [5.41, 5.74) is 1.27. The van der Waals surface area contributed by atoms with E-state index in [9.17, 15) is 0 Å². The van der Waals surface area contributed by atoms with E-state index < -0.39 is 0 Å². The van der Waals surface area contributed by atoms with Gasteiger partial charge in [0.2, 0.25) is 6.79 Å². The van der Waals surface area contributed by atoms with Crippen LogP contribution in [0.4, 0.5) is 0 Å².